The lowest BCUT2D eigenvalue weighted by Gasteiger charge is -2.32. The van der Waals surface area contributed by atoms with E-state index in [1.807, 2.05) is 23.9 Å². The number of benzene rings is 1. The van der Waals surface area contributed by atoms with Crippen LogP contribution in [0.4, 0.5) is 10.1 Å². The minimum absolute atomic E-state index is 0.0960. The fourth-order valence-corrected chi connectivity index (χ4v) is 3.52. The van der Waals surface area contributed by atoms with Crippen molar-refractivity contribution in [2.75, 3.05) is 30.3 Å². The molecule has 106 valence electrons. The summed E-state index contributed by atoms with van der Waals surface area (Å²) in [5, 5.41) is 3.89. The molecule has 1 heterocycles. The van der Waals surface area contributed by atoms with Crippen LogP contribution in [0.3, 0.4) is 0 Å². The average molecular weight is 282 g/mol. The Morgan fingerprint density at radius 1 is 1.53 bits per heavy atom. The highest BCUT2D eigenvalue weighted by Gasteiger charge is 2.20. The fourth-order valence-electron chi connectivity index (χ4n) is 2.51. The first-order chi connectivity index (χ1) is 9.11. The molecule has 1 aliphatic heterocycles. The molecule has 1 fully saturated rings. The molecule has 0 saturated carbocycles. The van der Waals surface area contributed by atoms with E-state index in [4.69, 9.17) is 0 Å². The predicted molar refractivity (Wildman–Crippen MR) is 82.6 cm³/mol. The molecule has 2 atom stereocenters. The maximum absolute atomic E-state index is 14.3. The first kappa shape index (κ1) is 14.7. The molecule has 2 unspecified atom stereocenters. The van der Waals surface area contributed by atoms with Crippen molar-refractivity contribution in [3.8, 4) is 0 Å². The zero-order chi connectivity index (χ0) is 13.8. The van der Waals surface area contributed by atoms with Crippen LogP contribution < -0.4 is 10.2 Å². The second-order valence-electron chi connectivity index (χ2n) is 5.12. The molecule has 2 nitrogen and oxygen atoms in total. The van der Waals surface area contributed by atoms with Gasteiger partial charge in [-0.1, -0.05) is 19.9 Å². The van der Waals surface area contributed by atoms with Gasteiger partial charge in [0.1, 0.15) is 5.82 Å². The lowest BCUT2D eigenvalue weighted by atomic mass is 10.1. The molecular formula is C15H23FN2S. The van der Waals surface area contributed by atoms with E-state index in [0.29, 0.717) is 5.25 Å². The molecule has 1 aromatic carbocycles. The molecule has 0 amide bonds. The van der Waals surface area contributed by atoms with E-state index >= 15 is 0 Å². The Morgan fingerprint density at radius 2 is 2.32 bits per heavy atom. The van der Waals surface area contributed by atoms with Gasteiger partial charge in [-0.25, -0.2) is 4.39 Å². The van der Waals surface area contributed by atoms with Crippen molar-refractivity contribution in [1.29, 1.82) is 0 Å². The van der Waals surface area contributed by atoms with Crippen LogP contribution in [0.2, 0.25) is 0 Å². The highest BCUT2D eigenvalue weighted by atomic mass is 32.2. The number of hydrogen-bond acceptors (Lipinski definition) is 3. The topological polar surface area (TPSA) is 15.3 Å². The van der Waals surface area contributed by atoms with Gasteiger partial charge in [-0.3, -0.25) is 0 Å². The normalized spacial score (nSPS) is 21.5. The molecule has 0 aromatic heterocycles. The van der Waals surface area contributed by atoms with Gasteiger partial charge in [0.15, 0.2) is 0 Å². The van der Waals surface area contributed by atoms with E-state index in [9.17, 15) is 4.39 Å². The largest absolute Gasteiger partial charge is 0.367 e. The Balaban J connectivity index is 2.14. The predicted octanol–water partition coefficient (Wildman–Crippen LogP) is 3.44. The zero-order valence-electron chi connectivity index (χ0n) is 11.9. The average Bonchev–Trinajstić information content (AvgIpc) is 2.38. The number of anilines is 1. The summed E-state index contributed by atoms with van der Waals surface area (Å²) < 4.78 is 14.3. The zero-order valence-corrected chi connectivity index (χ0v) is 12.8. The molecule has 0 bridgehead atoms. The summed E-state index contributed by atoms with van der Waals surface area (Å²) in [6, 6.07) is 5.85. The number of thioether (sulfide) groups is 1. The van der Waals surface area contributed by atoms with Crippen molar-refractivity contribution in [1.82, 2.24) is 5.32 Å². The quantitative estimate of drug-likeness (QED) is 0.911. The lowest BCUT2D eigenvalue weighted by molar-refractivity contribution is 0.580. The molecule has 2 rings (SSSR count). The summed E-state index contributed by atoms with van der Waals surface area (Å²) in [6.45, 7) is 9.10. The van der Waals surface area contributed by atoms with Crippen molar-refractivity contribution in [3.63, 3.8) is 0 Å². The Hall–Kier alpha value is -0.740. The van der Waals surface area contributed by atoms with E-state index in [-0.39, 0.29) is 11.9 Å². The molecule has 1 N–H and O–H groups in total. The summed E-state index contributed by atoms with van der Waals surface area (Å²) in [4.78, 5) is 2.16. The summed E-state index contributed by atoms with van der Waals surface area (Å²) >= 11 is 1.96. The van der Waals surface area contributed by atoms with Gasteiger partial charge in [-0.05, 0) is 31.2 Å². The number of hydrogen-bond donors (Lipinski definition) is 1. The number of nitrogens with zero attached hydrogens (tertiary/aromatic N) is 1. The number of rotatable bonds is 4. The molecule has 1 aliphatic rings. The summed E-state index contributed by atoms with van der Waals surface area (Å²) in [6.07, 6.45) is 0. The van der Waals surface area contributed by atoms with Crippen LogP contribution in [0, 0.1) is 5.82 Å². The highest BCUT2D eigenvalue weighted by Crippen LogP contribution is 2.27. The van der Waals surface area contributed by atoms with Gasteiger partial charge < -0.3 is 10.2 Å². The van der Waals surface area contributed by atoms with Gasteiger partial charge in [0, 0.05) is 30.1 Å². The first-order valence-corrected chi connectivity index (χ1v) is 8.06. The van der Waals surface area contributed by atoms with Crippen molar-refractivity contribution >= 4 is 17.4 Å². The molecule has 0 spiro atoms. The summed E-state index contributed by atoms with van der Waals surface area (Å²) in [7, 11) is 0. The molecule has 1 saturated heterocycles. The maximum Gasteiger partial charge on any atom is 0.146 e. The number of nitrogens with one attached hydrogen (secondary N) is 1. The standard InChI is InChI=1S/C15H23FN2S/c1-4-17-12(3)13-5-6-15(14(16)9-13)18-7-8-19-11(2)10-18/h5-6,9,11-12,17H,4,7-8,10H2,1-3H3. The molecule has 19 heavy (non-hydrogen) atoms. The van der Waals surface area contributed by atoms with Crippen LogP contribution in [0.15, 0.2) is 18.2 Å². The van der Waals surface area contributed by atoms with E-state index in [2.05, 4.69) is 31.0 Å². The number of halogens is 1. The maximum atomic E-state index is 14.3. The van der Waals surface area contributed by atoms with Crippen LogP contribution in [0.5, 0.6) is 0 Å². The van der Waals surface area contributed by atoms with Crippen LogP contribution >= 0.6 is 11.8 Å². The van der Waals surface area contributed by atoms with E-state index < -0.39 is 0 Å². The fraction of sp³-hybridized carbons (Fsp3) is 0.600. The van der Waals surface area contributed by atoms with Crippen LogP contribution in [-0.2, 0) is 0 Å². The molecule has 0 aliphatic carbocycles. The summed E-state index contributed by atoms with van der Waals surface area (Å²) in [5.41, 5.74) is 1.77. The van der Waals surface area contributed by atoms with E-state index in [1.165, 1.54) is 0 Å². The van der Waals surface area contributed by atoms with Crippen LogP contribution in [-0.4, -0.2) is 30.6 Å². The van der Waals surface area contributed by atoms with Crippen molar-refractivity contribution in [2.24, 2.45) is 0 Å². The Morgan fingerprint density at radius 3 is 2.95 bits per heavy atom. The van der Waals surface area contributed by atoms with Gasteiger partial charge in [0.2, 0.25) is 0 Å². The third-order valence-electron chi connectivity index (χ3n) is 3.56. The minimum atomic E-state index is -0.0960. The van der Waals surface area contributed by atoms with Crippen LogP contribution in [0.25, 0.3) is 0 Å². The van der Waals surface area contributed by atoms with E-state index in [0.717, 1.165) is 36.6 Å². The Labute approximate surface area is 119 Å². The Kier molecular flexibility index (Phi) is 5.11. The van der Waals surface area contributed by atoms with E-state index in [1.54, 1.807) is 6.07 Å². The molecule has 0 radical (unpaired) electrons. The van der Waals surface area contributed by atoms with Crippen molar-refractivity contribution in [3.05, 3.63) is 29.6 Å². The van der Waals surface area contributed by atoms with Crippen LogP contribution in [0.1, 0.15) is 32.4 Å². The smallest absolute Gasteiger partial charge is 0.146 e. The van der Waals surface area contributed by atoms with Gasteiger partial charge >= 0.3 is 0 Å². The van der Waals surface area contributed by atoms with Gasteiger partial charge in [-0.2, -0.15) is 11.8 Å². The van der Waals surface area contributed by atoms with Crippen molar-refractivity contribution in [2.45, 2.75) is 32.1 Å². The highest BCUT2D eigenvalue weighted by molar-refractivity contribution is 8.00. The monoisotopic (exact) mass is 282 g/mol. The van der Waals surface area contributed by atoms with Gasteiger partial charge in [-0.15, -0.1) is 0 Å². The summed E-state index contributed by atoms with van der Waals surface area (Å²) in [5.74, 6) is 0.984. The second kappa shape index (κ2) is 6.62. The van der Waals surface area contributed by atoms with Gasteiger partial charge in [0.05, 0.1) is 5.69 Å². The molecular weight excluding hydrogens is 259 g/mol. The van der Waals surface area contributed by atoms with Gasteiger partial charge in [0.25, 0.3) is 0 Å². The molecule has 4 heteroatoms. The third-order valence-corrected chi connectivity index (χ3v) is 4.70. The Bertz CT molecular complexity index is 425. The first-order valence-electron chi connectivity index (χ1n) is 7.01. The lowest BCUT2D eigenvalue weighted by Crippen LogP contribution is -2.37. The second-order valence-corrected chi connectivity index (χ2v) is 6.66. The minimum Gasteiger partial charge on any atom is -0.367 e. The van der Waals surface area contributed by atoms with Crippen molar-refractivity contribution < 1.29 is 4.39 Å². The molecule has 1 aromatic rings. The SMILES string of the molecule is CCNC(C)c1ccc(N2CCSC(C)C2)c(F)c1. The third kappa shape index (κ3) is 3.63.